The van der Waals surface area contributed by atoms with E-state index in [0.717, 1.165) is 47.3 Å². The average molecular weight is 409 g/mol. The normalized spacial score (nSPS) is 13.0. The number of fused-ring (bicyclic) bond motifs is 2. The smallest absolute Gasteiger partial charge is 0.340 e. The summed E-state index contributed by atoms with van der Waals surface area (Å²) in [5.74, 6) is -0.790. The molecule has 0 radical (unpaired) electrons. The molecule has 2 aromatic carbocycles. The van der Waals surface area contributed by atoms with Crippen LogP contribution in [0.3, 0.4) is 0 Å². The molecule has 1 amide bonds. The van der Waals surface area contributed by atoms with Crippen molar-refractivity contribution in [2.24, 2.45) is 0 Å². The number of aryl methyl sites for hydroxylation is 1. The maximum atomic E-state index is 12.8. The van der Waals surface area contributed by atoms with Crippen molar-refractivity contribution < 1.29 is 14.3 Å². The molecule has 29 heavy (non-hydrogen) atoms. The summed E-state index contributed by atoms with van der Waals surface area (Å²) in [5, 5.41) is 4.40. The third-order valence-corrected chi connectivity index (χ3v) is 5.56. The molecule has 0 saturated carbocycles. The second-order valence-electron chi connectivity index (χ2n) is 7.01. The fraction of sp³-hybridized carbons (Fsp3) is 0.261. The number of nitrogens with zero attached hydrogens (tertiary/aromatic N) is 1. The molecule has 0 unspecified atom stereocenters. The Hall–Kier alpha value is -2.92. The van der Waals surface area contributed by atoms with Gasteiger partial charge in [0.25, 0.3) is 5.91 Å². The number of amides is 1. The van der Waals surface area contributed by atoms with E-state index >= 15 is 0 Å². The number of hydrogen-bond donors (Lipinski definition) is 1. The summed E-state index contributed by atoms with van der Waals surface area (Å²) in [6.45, 7) is 2.01. The molecule has 0 atom stereocenters. The van der Waals surface area contributed by atoms with Crippen LogP contribution in [0.4, 0.5) is 5.69 Å². The Bertz CT molecular complexity index is 1110. The van der Waals surface area contributed by atoms with Crippen molar-refractivity contribution in [1.82, 2.24) is 4.98 Å². The van der Waals surface area contributed by atoms with Crippen molar-refractivity contribution in [1.29, 1.82) is 0 Å². The summed E-state index contributed by atoms with van der Waals surface area (Å²) in [6.07, 6.45) is 4.09. The van der Waals surface area contributed by atoms with E-state index in [2.05, 4.69) is 5.32 Å². The first kappa shape index (κ1) is 19.4. The highest BCUT2D eigenvalue weighted by molar-refractivity contribution is 6.36. The minimum absolute atomic E-state index is 0.266. The summed E-state index contributed by atoms with van der Waals surface area (Å²) in [5.41, 5.74) is 4.05. The van der Waals surface area contributed by atoms with Gasteiger partial charge >= 0.3 is 5.97 Å². The van der Waals surface area contributed by atoms with Gasteiger partial charge in [0.05, 0.1) is 28.4 Å². The van der Waals surface area contributed by atoms with Gasteiger partial charge in [-0.15, -0.1) is 0 Å². The molecule has 0 saturated heterocycles. The summed E-state index contributed by atoms with van der Waals surface area (Å²) >= 11 is 6.61. The molecule has 148 valence electrons. The number of anilines is 1. The van der Waals surface area contributed by atoms with Gasteiger partial charge in [0, 0.05) is 16.6 Å². The van der Waals surface area contributed by atoms with E-state index in [9.17, 15) is 9.59 Å². The zero-order valence-electron chi connectivity index (χ0n) is 16.1. The third kappa shape index (κ3) is 3.83. The summed E-state index contributed by atoms with van der Waals surface area (Å²) in [7, 11) is 0. The van der Waals surface area contributed by atoms with E-state index in [0.29, 0.717) is 22.3 Å². The Kier molecular flexibility index (Phi) is 5.49. The van der Waals surface area contributed by atoms with Gasteiger partial charge < -0.3 is 10.1 Å². The summed E-state index contributed by atoms with van der Waals surface area (Å²) < 4.78 is 5.06. The molecule has 1 aromatic heterocycles. The SMILES string of the molecule is CCOC(=O)c1ccccc1NC(=O)c1ccc2c(Cl)c3c(nc2c1)CCCC3. The average Bonchev–Trinajstić information content (AvgIpc) is 2.74. The van der Waals surface area contributed by atoms with Crippen LogP contribution in [0.1, 0.15) is 51.7 Å². The maximum Gasteiger partial charge on any atom is 0.340 e. The molecule has 1 aliphatic carbocycles. The molecule has 1 heterocycles. The molecule has 0 spiro atoms. The Labute approximate surface area is 174 Å². The topological polar surface area (TPSA) is 68.3 Å². The lowest BCUT2D eigenvalue weighted by Crippen LogP contribution is -2.16. The molecule has 6 heteroatoms. The third-order valence-electron chi connectivity index (χ3n) is 5.13. The molecule has 0 bridgehead atoms. The van der Waals surface area contributed by atoms with E-state index < -0.39 is 5.97 Å². The standard InChI is InChI=1S/C23H21ClN2O3/c1-2-29-23(28)17-8-4-6-10-19(17)26-22(27)14-11-12-16-20(13-14)25-18-9-5-3-7-15(18)21(16)24/h4,6,8,10-13H,2-3,5,7,9H2,1H3,(H,26,27). The van der Waals surface area contributed by atoms with Crippen LogP contribution in [0.2, 0.25) is 5.02 Å². The van der Waals surface area contributed by atoms with Crippen LogP contribution >= 0.6 is 11.6 Å². The number of hydrogen-bond acceptors (Lipinski definition) is 4. The molecule has 4 rings (SSSR count). The molecule has 0 fully saturated rings. The highest BCUT2D eigenvalue weighted by atomic mass is 35.5. The fourth-order valence-corrected chi connectivity index (χ4v) is 4.04. The molecular formula is C23H21ClN2O3. The number of benzene rings is 2. The van der Waals surface area contributed by atoms with Crippen molar-refractivity contribution in [3.05, 3.63) is 69.9 Å². The molecule has 5 nitrogen and oxygen atoms in total. The van der Waals surface area contributed by atoms with Crippen LogP contribution in [-0.4, -0.2) is 23.5 Å². The van der Waals surface area contributed by atoms with Gasteiger partial charge in [-0.05, 0) is 62.4 Å². The lowest BCUT2D eigenvalue weighted by atomic mass is 9.94. The highest BCUT2D eigenvalue weighted by Crippen LogP contribution is 2.33. The number of carbonyl (C=O) groups is 2. The Morgan fingerprint density at radius 1 is 1.14 bits per heavy atom. The fourth-order valence-electron chi connectivity index (χ4n) is 3.68. The van der Waals surface area contributed by atoms with Gasteiger partial charge in [0.2, 0.25) is 0 Å². The summed E-state index contributed by atoms with van der Waals surface area (Å²) in [6, 6.07) is 12.1. The van der Waals surface area contributed by atoms with E-state index in [4.69, 9.17) is 21.3 Å². The van der Waals surface area contributed by atoms with Crippen molar-refractivity contribution >= 4 is 40.1 Å². The predicted molar refractivity (Wildman–Crippen MR) is 114 cm³/mol. The van der Waals surface area contributed by atoms with Crippen LogP contribution in [0.5, 0.6) is 0 Å². The van der Waals surface area contributed by atoms with Crippen molar-refractivity contribution in [2.75, 3.05) is 11.9 Å². The Morgan fingerprint density at radius 3 is 2.76 bits per heavy atom. The first-order chi connectivity index (χ1) is 14.1. The second-order valence-corrected chi connectivity index (χ2v) is 7.39. The monoisotopic (exact) mass is 408 g/mol. The minimum atomic E-state index is -0.470. The number of halogens is 1. The van der Waals surface area contributed by atoms with E-state index in [1.54, 1.807) is 43.3 Å². The highest BCUT2D eigenvalue weighted by Gasteiger charge is 2.19. The van der Waals surface area contributed by atoms with E-state index in [-0.39, 0.29) is 12.5 Å². The number of carbonyl (C=O) groups excluding carboxylic acids is 2. The zero-order chi connectivity index (χ0) is 20.4. The lowest BCUT2D eigenvalue weighted by molar-refractivity contribution is 0.0527. The van der Waals surface area contributed by atoms with E-state index in [1.807, 2.05) is 6.07 Å². The Balaban J connectivity index is 1.66. The number of rotatable bonds is 4. The number of esters is 1. The van der Waals surface area contributed by atoms with Crippen molar-refractivity contribution in [3.63, 3.8) is 0 Å². The summed E-state index contributed by atoms with van der Waals surface area (Å²) in [4.78, 5) is 29.7. The molecule has 1 N–H and O–H groups in total. The quantitative estimate of drug-likeness (QED) is 0.603. The predicted octanol–water partition coefficient (Wildman–Crippen LogP) is 5.20. The van der Waals surface area contributed by atoms with Crippen LogP contribution in [0.25, 0.3) is 10.9 Å². The number of nitrogens with one attached hydrogen (secondary N) is 1. The first-order valence-corrected chi connectivity index (χ1v) is 10.1. The number of para-hydroxylation sites is 1. The number of pyridine rings is 1. The molecule has 3 aromatic rings. The molecule has 1 aliphatic rings. The van der Waals surface area contributed by atoms with Crippen molar-refractivity contribution in [3.8, 4) is 0 Å². The van der Waals surface area contributed by atoms with Gasteiger partial charge in [-0.1, -0.05) is 29.8 Å². The van der Waals surface area contributed by atoms with Crippen LogP contribution in [0.15, 0.2) is 42.5 Å². The van der Waals surface area contributed by atoms with Gasteiger partial charge in [-0.3, -0.25) is 9.78 Å². The van der Waals surface area contributed by atoms with Gasteiger partial charge in [0.1, 0.15) is 0 Å². The van der Waals surface area contributed by atoms with Gasteiger partial charge in [-0.25, -0.2) is 4.79 Å². The largest absolute Gasteiger partial charge is 0.462 e. The number of ether oxygens (including phenoxy) is 1. The molecule has 0 aliphatic heterocycles. The lowest BCUT2D eigenvalue weighted by Gasteiger charge is -2.18. The van der Waals surface area contributed by atoms with Gasteiger partial charge in [0.15, 0.2) is 0 Å². The number of aromatic nitrogens is 1. The second kappa shape index (κ2) is 8.21. The van der Waals surface area contributed by atoms with Crippen molar-refractivity contribution in [2.45, 2.75) is 32.6 Å². The molecular weight excluding hydrogens is 388 g/mol. The first-order valence-electron chi connectivity index (χ1n) is 9.77. The van der Waals surface area contributed by atoms with Crippen LogP contribution in [0, 0.1) is 0 Å². The van der Waals surface area contributed by atoms with E-state index in [1.165, 1.54) is 0 Å². The van der Waals surface area contributed by atoms with Crippen LogP contribution in [-0.2, 0) is 17.6 Å². The minimum Gasteiger partial charge on any atom is -0.462 e. The zero-order valence-corrected chi connectivity index (χ0v) is 16.9. The Morgan fingerprint density at radius 2 is 1.93 bits per heavy atom. The maximum absolute atomic E-state index is 12.8. The van der Waals surface area contributed by atoms with Gasteiger partial charge in [-0.2, -0.15) is 0 Å². The van der Waals surface area contributed by atoms with Crippen LogP contribution < -0.4 is 5.32 Å².